The molecular formula is C33H43N9O5S. The number of morpholine rings is 1. The standard InChI is InChI=1S/C33H43N9O5S/c1-2-29(43)42(13-17-47-19-18-45-14-6-34)23-30(44)40-9-7-39(8-10-40)22-24-20-28-31(48-24)33(41-11-15-46-16-12-41)37-32(36-28)25-4-3-5-27-26(25)21-35-38-27/h2-5,20-21H,1,6-19,22-23,34H2,(H,35,38). The van der Waals surface area contributed by atoms with Crippen LogP contribution < -0.4 is 10.6 Å². The Morgan fingerprint density at radius 3 is 2.62 bits per heavy atom. The van der Waals surface area contributed by atoms with E-state index in [9.17, 15) is 9.59 Å². The maximum absolute atomic E-state index is 13.2. The summed E-state index contributed by atoms with van der Waals surface area (Å²) in [4.78, 5) is 45.0. The topological polar surface area (TPSA) is 155 Å². The Morgan fingerprint density at radius 2 is 1.85 bits per heavy atom. The Balaban J connectivity index is 1.09. The number of amides is 2. The van der Waals surface area contributed by atoms with Crippen LogP contribution in [0.4, 0.5) is 5.82 Å². The summed E-state index contributed by atoms with van der Waals surface area (Å²) >= 11 is 1.73. The van der Waals surface area contributed by atoms with E-state index in [1.54, 1.807) is 11.3 Å². The molecule has 1 aromatic carbocycles. The quantitative estimate of drug-likeness (QED) is 0.140. The number of nitrogens with two attached hydrogens (primary N) is 1. The Morgan fingerprint density at radius 1 is 1.06 bits per heavy atom. The summed E-state index contributed by atoms with van der Waals surface area (Å²) in [5.74, 6) is 1.25. The molecule has 2 amide bonds. The molecule has 48 heavy (non-hydrogen) atoms. The number of piperazine rings is 1. The summed E-state index contributed by atoms with van der Waals surface area (Å²) in [6.07, 6.45) is 3.05. The van der Waals surface area contributed by atoms with Gasteiger partial charge in [0.15, 0.2) is 11.6 Å². The Hall–Kier alpha value is -3.99. The van der Waals surface area contributed by atoms with Gasteiger partial charge in [0, 0.05) is 74.7 Å². The first-order valence-corrected chi connectivity index (χ1v) is 17.2. The monoisotopic (exact) mass is 677 g/mol. The molecule has 2 aliphatic heterocycles. The average molecular weight is 678 g/mol. The van der Waals surface area contributed by atoms with Crippen molar-refractivity contribution in [3.63, 3.8) is 0 Å². The van der Waals surface area contributed by atoms with Gasteiger partial charge in [-0.05, 0) is 18.2 Å². The van der Waals surface area contributed by atoms with Gasteiger partial charge in [0.2, 0.25) is 11.8 Å². The van der Waals surface area contributed by atoms with Gasteiger partial charge in [-0.2, -0.15) is 5.10 Å². The normalized spacial score (nSPS) is 15.8. The van der Waals surface area contributed by atoms with Gasteiger partial charge in [0.25, 0.3) is 0 Å². The number of aromatic amines is 1. The Kier molecular flexibility index (Phi) is 11.6. The van der Waals surface area contributed by atoms with E-state index in [1.807, 2.05) is 29.3 Å². The van der Waals surface area contributed by atoms with Crippen molar-refractivity contribution in [2.24, 2.45) is 5.73 Å². The zero-order chi connectivity index (χ0) is 33.3. The summed E-state index contributed by atoms with van der Waals surface area (Å²) < 4.78 is 17.6. The highest BCUT2D eigenvalue weighted by Crippen LogP contribution is 2.36. The highest BCUT2D eigenvalue weighted by atomic mass is 32.1. The van der Waals surface area contributed by atoms with Crippen molar-refractivity contribution in [2.75, 3.05) is 103 Å². The van der Waals surface area contributed by atoms with Crippen molar-refractivity contribution >= 4 is 50.1 Å². The van der Waals surface area contributed by atoms with Crippen molar-refractivity contribution in [1.82, 2.24) is 34.9 Å². The van der Waals surface area contributed by atoms with E-state index in [2.05, 4.69) is 32.6 Å². The van der Waals surface area contributed by atoms with Gasteiger partial charge in [-0.15, -0.1) is 11.3 Å². The zero-order valence-corrected chi connectivity index (χ0v) is 28.0. The molecule has 0 bridgehead atoms. The van der Waals surface area contributed by atoms with Crippen LogP contribution in [0.25, 0.3) is 32.5 Å². The van der Waals surface area contributed by atoms with Crippen LogP contribution in [-0.4, -0.2) is 145 Å². The van der Waals surface area contributed by atoms with Crippen molar-refractivity contribution in [3.8, 4) is 11.4 Å². The fourth-order valence-electron chi connectivity index (χ4n) is 5.93. The number of anilines is 1. The van der Waals surface area contributed by atoms with Crippen LogP contribution in [0.5, 0.6) is 0 Å². The number of benzene rings is 1. The highest BCUT2D eigenvalue weighted by Gasteiger charge is 2.26. The van der Waals surface area contributed by atoms with Gasteiger partial charge in [0.1, 0.15) is 6.54 Å². The summed E-state index contributed by atoms with van der Waals surface area (Å²) in [6, 6.07) is 8.21. The molecule has 3 aromatic heterocycles. The number of rotatable bonds is 15. The van der Waals surface area contributed by atoms with Crippen molar-refractivity contribution in [1.29, 1.82) is 0 Å². The summed E-state index contributed by atoms with van der Waals surface area (Å²) in [5, 5.41) is 8.26. The van der Waals surface area contributed by atoms with E-state index >= 15 is 0 Å². The number of fused-ring (bicyclic) bond motifs is 2. The molecule has 2 aliphatic rings. The molecule has 6 rings (SSSR count). The van der Waals surface area contributed by atoms with E-state index in [-0.39, 0.29) is 18.4 Å². The van der Waals surface area contributed by atoms with Crippen LogP contribution >= 0.6 is 11.3 Å². The van der Waals surface area contributed by atoms with Crippen LogP contribution in [0.15, 0.2) is 43.1 Å². The number of thiophene rings is 1. The van der Waals surface area contributed by atoms with Gasteiger partial charge in [-0.1, -0.05) is 18.7 Å². The second kappa shape index (κ2) is 16.4. The lowest BCUT2D eigenvalue weighted by Gasteiger charge is -2.35. The summed E-state index contributed by atoms with van der Waals surface area (Å²) in [7, 11) is 0. The number of aromatic nitrogens is 4. The molecule has 15 heteroatoms. The third kappa shape index (κ3) is 8.17. The maximum Gasteiger partial charge on any atom is 0.246 e. The van der Waals surface area contributed by atoms with E-state index < -0.39 is 0 Å². The molecular weight excluding hydrogens is 634 g/mol. The predicted octanol–water partition coefficient (Wildman–Crippen LogP) is 1.72. The number of hydrogen-bond donors (Lipinski definition) is 2. The fourth-order valence-corrected chi connectivity index (χ4v) is 7.09. The molecule has 0 saturated carbocycles. The first-order chi connectivity index (χ1) is 23.5. The van der Waals surface area contributed by atoms with E-state index in [1.165, 1.54) is 15.9 Å². The molecule has 2 fully saturated rings. The number of nitrogens with one attached hydrogen (secondary N) is 1. The van der Waals surface area contributed by atoms with Crippen molar-refractivity contribution < 1.29 is 23.8 Å². The first kappa shape index (κ1) is 33.9. The number of carbonyl (C=O) groups excluding carboxylic acids is 2. The third-order valence-electron chi connectivity index (χ3n) is 8.50. The molecule has 4 aromatic rings. The van der Waals surface area contributed by atoms with Gasteiger partial charge in [0.05, 0.1) is 61.6 Å². The first-order valence-electron chi connectivity index (χ1n) is 16.4. The molecule has 3 N–H and O–H groups in total. The zero-order valence-electron chi connectivity index (χ0n) is 27.1. The van der Waals surface area contributed by atoms with E-state index in [4.69, 9.17) is 29.9 Å². The molecule has 0 spiro atoms. The maximum atomic E-state index is 13.2. The van der Waals surface area contributed by atoms with Gasteiger partial charge >= 0.3 is 0 Å². The lowest BCUT2D eigenvalue weighted by Crippen LogP contribution is -2.51. The molecule has 14 nitrogen and oxygen atoms in total. The largest absolute Gasteiger partial charge is 0.378 e. The second-order valence-corrected chi connectivity index (χ2v) is 12.8. The van der Waals surface area contributed by atoms with Crippen LogP contribution in [0.2, 0.25) is 0 Å². The van der Waals surface area contributed by atoms with Crippen molar-refractivity contribution in [3.05, 3.63) is 48.0 Å². The average Bonchev–Trinajstić information content (AvgIpc) is 3.77. The van der Waals surface area contributed by atoms with Gasteiger partial charge in [-0.3, -0.25) is 19.6 Å². The molecule has 0 atom stereocenters. The van der Waals surface area contributed by atoms with Gasteiger partial charge < -0.3 is 34.6 Å². The van der Waals surface area contributed by atoms with Crippen LogP contribution in [-0.2, 0) is 30.3 Å². The van der Waals surface area contributed by atoms with Crippen LogP contribution in [0.1, 0.15) is 4.88 Å². The lowest BCUT2D eigenvalue weighted by molar-refractivity contribution is -0.140. The number of carbonyl (C=O) groups is 2. The van der Waals surface area contributed by atoms with Crippen LogP contribution in [0, 0.1) is 0 Å². The number of hydrogen-bond acceptors (Lipinski definition) is 12. The summed E-state index contributed by atoms with van der Waals surface area (Å²) in [6.45, 7) is 12.2. The Bertz CT molecular complexity index is 1700. The molecule has 0 radical (unpaired) electrons. The third-order valence-corrected chi connectivity index (χ3v) is 9.60. The lowest BCUT2D eigenvalue weighted by atomic mass is 10.1. The van der Waals surface area contributed by atoms with Crippen LogP contribution in [0.3, 0.4) is 0 Å². The minimum atomic E-state index is -0.293. The SMILES string of the molecule is C=CC(=O)N(CCOCCOCCN)CC(=O)N1CCN(Cc2cc3nc(-c4cccc5[nH]ncc45)nc(N4CCOCC4)c3s2)CC1. The van der Waals surface area contributed by atoms with Crippen molar-refractivity contribution in [2.45, 2.75) is 6.54 Å². The van der Waals surface area contributed by atoms with E-state index in [0.29, 0.717) is 71.6 Å². The number of H-pyrrole nitrogens is 1. The number of ether oxygens (including phenoxy) is 3. The molecule has 0 aliphatic carbocycles. The smallest absolute Gasteiger partial charge is 0.246 e. The van der Waals surface area contributed by atoms with Gasteiger partial charge in [-0.25, -0.2) is 9.97 Å². The highest BCUT2D eigenvalue weighted by molar-refractivity contribution is 7.19. The minimum Gasteiger partial charge on any atom is -0.378 e. The second-order valence-electron chi connectivity index (χ2n) is 11.7. The Labute approximate surface area is 283 Å². The number of nitrogens with zero attached hydrogens (tertiary/aromatic N) is 7. The van der Waals surface area contributed by atoms with E-state index in [0.717, 1.165) is 65.2 Å². The minimum absolute atomic E-state index is 0.00788. The molecule has 256 valence electrons. The molecule has 0 unspecified atom stereocenters. The predicted molar refractivity (Wildman–Crippen MR) is 185 cm³/mol. The molecule has 2 saturated heterocycles. The molecule has 5 heterocycles. The summed E-state index contributed by atoms with van der Waals surface area (Å²) in [5.41, 5.74) is 8.23. The fraction of sp³-hybridized carbons (Fsp3) is 0.485.